The van der Waals surface area contributed by atoms with Crippen LogP contribution in [0.5, 0.6) is 5.75 Å². The van der Waals surface area contributed by atoms with Gasteiger partial charge in [0.1, 0.15) is 12.4 Å². The number of hydrogen-bond donors (Lipinski definition) is 1. The van der Waals surface area contributed by atoms with Crippen LogP contribution in [-0.4, -0.2) is 16.3 Å². The number of oxime groups is 1. The Morgan fingerprint density at radius 1 is 1.27 bits per heavy atom. The molecule has 1 N–H and O–H groups in total. The van der Waals surface area contributed by atoms with Crippen molar-refractivity contribution in [3.8, 4) is 5.75 Å². The Morgan fingerprint density at radius 3 is 2.55 bits per heavy atom. The molecule has 0 fully saturated rings. The number of hydrogen-bond acceptors (Lipinski definition) is 5. The lowest BCUT2D eigenvalue weighted by molar-refractivity contribution is -0.384. The molecule has 0 aromatic heterocycles. The van der Waals surface area contributed by atoms with Gasteiger partial charge in [-0.1, -0.05) is 17.3 Å². The monoisotopic (exact) mass is 428 g/mol. The normalized spacial score (nSPS) is 10.8. The number of rotatable bonds is 5. The molecule has 0 aliphatic rings. The number of nitrogens with zero attached hydrogens (tertiary/aromatic N) is 2. The van der Waals surface area contributed by atoms with E-state index in [0.29, 0.717) is 25.8 Å². The van der Waals surface area contributed by atoms with E-state index in [1.54, 1.807) is 24.3 Å². The van der Waals surface area contributed by atoms with E-state index >= 15 is 0 Å². The van der Waals surface area contributed by atoms with Gasteiger partial charge in [-0.3, -0.25) is 10.1 Å². The van der Waals surface area contributed by atoms with Crippen molar-refractivity contribution >= 4 is 43.8 Å². The summed E-state index contributed by atoms with van der Waals surface area (Å²) in [5.41, 5.74) is 1.40. The maximum atomic E-state index is 10.8. The molecule has 22 heavy (non-hydrogen) atoms. The Kier molecular flexibility index (Phi) is 5.51. The molecule has 114 valence electrons. The number of non-ortho nitro benzene ring substituents is 1. The maximum Gasteiger partial charge on any atom is 0.269 e. The molecule has 8 heteroatoms. The van der Waals surface area contributed by atoms with Crippen LogP contribution in [0.1, 0.15) is 11.1 Å². The Labute approximate surface area is 142 Å². The third-order valence-corrected chi connectivity index (χ3v) is 3.91. The summed E-state index contributed by atoms with van der Waals surface area (Å²) < 4.78 is 7.04. The van der Waals surface area contributed by atoms with E-state index < -0.39 is 4.92 Å². The van der Waals surface area contributed by atoms with Crippen LogP contribution < -0.4 is 4.74 Å². The number of nitro groups is 1. The van der Waals surface area contributed by atoms with Crippen molar-refractivity contribution in [1.82, 2.24) is 0 Å². The van der Waals surface area contributed by atoms with E-state index in [9.17, 15) is 10.1 Å². The lowest BCUT2D eigenvalue weighted by Gasteiger charge is -2.11. The molecular formula is C14H10Br2N2O4. The minimum absolute atomic E-state index is 0.0220. The molecule has 0 aliphatic carbocycles. The first-order valence-electron chi connectivity index (χ1n) is 6.04. The third kappa shape index (κ3) is 4.05. The van der Waals surface area contributed by atoms with Crippen molar-refractivity contribution in [2.45, 2.75) is 6.61 Å². The highest BCUT2D eigenvalue weighted by atomic mass is 79.9. The number of halogens is 2. The quantitative estimate of drug-likeness (QED) is 0.328. The molecule has 2 aromatic rings. The first-order valence-corrected chi connectivity index (χ1v) is 7.62. The second kappa shape index (κ2) is 7.37. The minimum Gasteiger partial charge on any atom is -0.487 e. The van der Waals surface area contributed by atoms with Crippen LogP contribution in [0.2, 0.25) is 0 Å². The van der Waals surface area contributed by atoms with Crippen molar-refractivity contribution in [3.05, 3.63) is 66.6 Å². The Bertz CT molecular complexity index is 712. The van der Waals surface area contributed by atoms with E-state index in [2.05, 4.69) is 37.0 Å². The summed E-state index contributed by atoms with van der Waals surface area (Å²) in [6.45, 7) is 0.187. The second-order valence-electron chi connectivity index (χ2n) is 4.27. The Hall–Kier alpha value is -1.93. The highest BCUT2D eigenvalue weighted by Crippen LogP contribution is 2.35. The van der Waals surface area contributed by atoms with Gasteiger partial charge < -0.3 is 9.94 Å². The number of ether oxygens (including phenoxy) is 1. The fourth-order valence-electron chi connectivity index (χ4n) is 1.77. The summed E-state index contributed by atoms with van der Waals surface area (Å²) in [5, 5.41) is 22.3. The Morgan fingerprint density at radius 2 is 1.95 bits per heavy atom. The van der Waals surface area contributed by atoms with Gasteiger partial charge in [0, 0.05) is 12.1 Å². The molecule has 0 atom stereocenters. The fraction of sp³-hybridized carbons (Fsp3) is 0.0714. The molecule has 0 radical (unpaired) electrons. The van der Waals surface area contributed by atoms with Crippen molar-refractivity contribution in [2.75, 3.05) is 0 Å². The van der Waals surface area contributed by atoms with Crippen LogP contribution in [0.4, 0.5) is 5.69 Å². The maximum absolute atomic E-state index is 10.8. The van der Waals surface area contributed by atoms with Gasteiger partial charge in [-0.15, -0.1) is 0 Å². The summed E-state index contributed by atoms with van der Waals surface area (Å²) in [6.07, 6.45) is 1.29. The van der Waals surface area contributed by atoms with Gasteiger partial charge in [-0.25, -0.2) is 0 Å². The Balaban J connectivity index is 2.18. The third-order valence-electron chi connectivity index (χ3n) is 2.73. The lowest BCUT2D eigenvalue weighted by Crippen LogP contribution is -1.99. The van der Waals surface area contributed by atoms with Gasteiger partial charge >= 0.3 is 0 Å². The van der Waals surface area contributed by atoms with E-state index in [0.717, 1.165) is 0 Å². The van der Waals surface area contributed by atoms with Gasteiger partial charge in [-0.05, 0) is 55.1 Å². The summed E-state index contributed by atoms with van der Waals surface area (Å²) in [4.78, 5) is 10.3. The molecule has 0 unspecified atom stereocenters. The average Bonchev–Trinajstić information content (AvgIpc) is 2.47. The largest absolute Gasteiger partial charge is 0.487 e. The van der Waals surface area contributed by atoms with Crippen LogP contribution in [0.15, 0.2) is 50.5 Å². The zero-order valence-electron chi connectivity index (χ0n) is 11.1. The first kappa shape index (κ1) is 16.4. The summed E-state index contributed by atoms with van der Waals surface area (Å²) in [7, 11) is 0. The highest BCUT2D eigenvalue weighted by molar-refractivity contribution is 9.11. The van der Waals surface area contributed by atoms with Gasteiger partial charge in [-0.2, -0.15) is 0 Å². The fourth-order valence-corrected chi connectivity index (χ4v) is 3.22. The molecule has 0 saturated heterocycles. The molecule has 0 aliphatic heterocycles. The number of nitro benzene ring substituents is 1. The van der Waals surface area contributed by atoms with Gasteiger partial charge in [0.2, 0.25) is 0 Å². The smallest absolute Gasteiger partial charge is 0.269 e. The molecular weight excluding hydrogens is 420 g/mol. The zero-order chi connectivity index (χ0) is 16.1. The molecule has 0 heterocycles. The van der Waals surface area contributed by atoms with Crippen molar-refractivity contribution < 1.29 is 14.9 Å². The standard InChI is InChI=1S/C14H10Br2N2O4/c15-12-5-10(7-17-19)6-13(16)14(12)22-8-9-2-1-3-11(4-9)18(20)21/h1-7,19H,8H2. The van der Waals surface area contributed by atoms with E-state index in [1.807, 2.05) is 0 Å². The SMILES string of the molecule is O=[N+]([O-])c1cccc(COc2c(Br)cc(C=NO)cc2Br)c1. The second-order valence-corrected chi connectivity index (χ2v) is 5.98. The van der Waals surface area contributed by atoms with E-state index in [-0.39, 0.29) is 12.3 Å². The van der Waals surface area contributed by atoms with Crippen LogP contribution >= 0.6 is 31.9 Å². The molecule has 2 aromatic carbocycles. The summed E-state index contributed by atoms with van der Waals surface area (Å²) in [5.74, 6) is 0.557. The van der Waals surface area contributed by atoms with Crippen LogP contribution in [0.25, 0.3) is 0 Å². The van der Waals surface area contributed by atoms with Gasteiger partial charge in [0.05, 0.1) is 20.1 Å². The summed E-state index contributed by atoms with van der Waals surface area (Å²) in [6, 6.07) is 9.72. The lowest BCUT2D eigenvalue weighted by atomic mass is 10.2. The van der Waals surface area contributed by atoms with Crippen molar-refractivity contribution in [2.24, 2.45) is 5.16 Å². The van der Waals surface area contributed by atoms with Crippen LogP contribution in [0, 0.1) is 10.1 Å². The summed E-state index contributed by atoms with van der Waals surface area (Å²) >= 11 is 6.75. The average molecular weight is 430 g/mol. The number of benzene rings is 2. The van der Waals surface area contributed by atoms with Crippen molar-refractivity contribution in [1.29, 1.82) is 0 Å². The minimum atomic E-state index is -0.446. The van der Waals surface area contributed by atoms with Crippen LogP contribution in [-0.2, 0) is 6.61 Å². The molecule has 6 nitrogen and oxygen atoms in total. The molecule has 0 bridgehead atoms. The van der Waals surface area contributed by atoms with E-state index in [4.69, 9.17) is 9.94 Å². The predicted octanol–water partition coefficient (Wildman–Crippen LogP) is 4.51. The molecule has 0 amide bonds. The van der Waals surface area contributed by atoms with Crippen LogP contribution in [0.3, 0.4) is 0 Å². The highest BCUT2D eigenvalue weighted by Gasteiger charge is 2.10. The topological polar surface area (TPSA) is 85.0 Å². The van der Waals surface area contributed by atoms with Gasteiger partial charge in [0.25, 0.3) is 5.69 Å². The first-order chi connectivity index (χ1) is 10.5. The van der Waals surface area contributed by atoms with E-state index in [1.165, 1.54) is 18.3 Å². The molecule has 0 saturated carbocycles. The molecule has 2 rings (SSSR count). The van der Waals surface area contributed by atoms with Gasteiger partial charge in [0.15, 0.2) is 0 Å². The molecule has 0 spiro atoms. The predicted molar refractivity (Wildman–Crippen MR) is 88.7 cm³/mol. The zero-order valence-corrected chi connectivity index (χ0v) is 14.2. The van der Waals surface area contributed by atoms with Crippen molar-refractivity contribution in [3.63, 3.8) is 0 Å².